The lowest BCUT2D eigenvalue weighted by Crippen LogP contribution is -2.23. The van der Waals surface area contributed by atoms with Crippen LogP contribution in [-0.4, -0.2) is 4.98 Å². The highest BCUT2D eigenvalue weighted by Crippen LogP contribution is 2.08. The summed E-state index contributed by atoms with van der Waals surface area (Å²) < 4.78 is 18.6. The minimum atomic E-state index is -0.379. The molecule has 0 saturated heterocycles. The molecule has 0 spiro atoms. The van der Waals surface area contributed by atoms with Gasteiger partial charge in [-0.05, 0) is 12.1 Å². The van der Waals surface area contributed by atoms with Crippen molar-refractivity contribution in [1.82, 2.24) is 4.98 Å². The van der Waals surface area contributed by atoms with Gasteiger partial charge in [0.15, 0.2) is 12.4 Å². The van der Waals surface area contributed by atoms with Crippen LogP contribution < -0.4 is 9.47 Å². The van der Waals surface area contributed by atoms with Crippen molar-refractivity contribution in [3.63, 3.8) is 0 Å². The predicted octanol–water partition coefficient (Wildman–Crippen LogP) is 1.43. The number of nitrogens with zero attached hydrogens (tertiary/aromatic N) is 2. The van der Waals surface area contributed by atoms with Crippen LogP contribution in [0.2, 0.25) is 0 Å². The van der Waals surface area contributed by atoms with Crippen molar-refractivity contribution in [2.24, 2.45) is 0 Å². The molecule has 0 atom stereocenters. The van der Waals surface area contributed by atoms with Crippen molar-refractivity contribution in [1.29, 1.82) is 0 Å². The molecule has 0 bridgehead atoms. The highest BCUT2D eigenvalue weighted by Gasteiger charge is 1.99. The Balaban J connectivity index is 1.97. The Labute approximate surface area is 91.5 Å². The Bertz CT molecular complexity index is 411. The number of rotatable bonds is 3. The van der Waals surface area contributed by atoms with Gasteiger partial charge >= 0.3 is 0 Å². The van der Waals surface area contributed by atoms with E-state index in [2.05, 4.69) is 4.98 Å². The zero-order chi connectivity index (χ0) is 11.4. The molecular weight excluding hydrogens is 211 g/mol. The van der Waals surface area contributed by atoms with Gasteiger partial charge in [0, 0.05) is 12.1 Å². The van der Waals surface area contributed by atoms with Crippen molar-refractivity contribution >= 4 is 0 Å². The van der Waals surface area contributed by atoms with Gasteiger partial charge in [-0.2, -0.15) is 4.73 Å². The van der Waals surface area contributed by atoms with Gasteiger partial charge in [0.05, 0.1) is 11.9 Å². The summed E-state index contributed by atoms with van der Waals surface area (Å²) in [6.45, 7) is 0.239. The summed E-state index contributed by atoms with van der Waals surface area (Å²) in [5, 5.41) is 10.7. The number of ether oxygens (including phenoxy) is 1. The maximum atomic E-state index is 12.6. The van der Waals surface area contributed by atoms with Crippen LogP contribution >= 0.6 is 0 Å². The summed E-state index contributed by atoms with van der Waals surface area (Å²) in [4.78, 5) is 3.84. The van der Waals surface area contributed by atoms with Crippen molar-refractivity contribution in [3.8, 4) is 5.75 Å². The van der Waals surface area contributed by atoms with E-state index in [4.69, 9.17) is 4.74 Å². The average Bonchev–Trinajstić information content (AvgIpc) is 2.30. The summed E-state index contributed by atoms with van der Waals surface area (Å²) in [6, 6.07) is 5.97. The van der Waals surface area contributed by atoms with Crippen molar-refractivity contribution in [3.05, 3.63) is 59.6 Å². The Morgan fingerprint density at radius 3 is 2.62 bits per heavy atom. The molecule has 0 N–H and O–H groups in total. The predicted molar refractivity (Wildman–Crippen MR) is 53.9 cm³/mol. The molecule has 2 aromatic rings. The van der Waals surface area contributed by atoms with E-state index < -0.39 is 0 Å². The highest BCUT2D eigenvalue weighted by atomic mass is 19.1. The van der Waals surface area contributed by atoms with Crippen molar-refractivity contribution < 1.29 is 13.9 Å². The third-order valence-electron chi connectivity index (χ3n) is 1.95. The fourth-order valence-electron chi connectivity index (χ4n) is 1.14. The van der Waals surface area contributed by atoms with E-state index in [0.717, 1.165) is 6.20 Å². The van der Waals surface area contributed by atoms with Gasteiger partial charge < -0.3 is 9.94 Å². The van der Waals surface area contributed by atoms with E-state index in [1.54, 1.807) is 18.2 Å². The molecule has 0 aromatic carbocycles. The Kier molecular flexibility index (Phi) is 2.95. The minimum Gasteiger partial charge on any atom is -0.619 e. The molecule has 0 aliphatic rings. The number of aromatic nitrogens is 2. The second kappa shape index (κ2) is 4.57. The quantitative estimate of drug-likeness (QED) is 0.580. The molecule has 0 saturated carbocycles. The maximum absolute atomic E-state index is 12.6. The lowest BCUT2D eigenvalue weighted by Gasteiger charge is -2.04. The van der Waals surface area contributed by atoms with Gasteiger partial charge in [-0.1, -0.05) is 0 Å². The fraction of sp³-hybridized carbons (Fsp3) is 0.0909. The molecule has 82 valence electrons. The monoisotopic (exact) mass is 220 g/mol. The van der Waals surface area contributed by atoms with Crippen molar-refractivity contribution in [2.75, 3.05) is 0 Å². The first kappa shape index (κ1) is 10.4. The molecule has 16 heavy (non-hydrogen) atoms. The van der Waals surface area contributed by atoms with Crippen LogP contribution in [0.4, 0.5) is 4.39 Å². The van der Waals surface area contributed by atoms with E-state index in [9.17, 15) is 9.60 Å². The smallest absolute Gasteiger partial charge is 0.184 e. The number of halogens is 1. The third-order valence-corrected chi connectivity index (χ3v) is 1.95. The summed E-state index contributed by atoms with van der Waals surface area (Å²) in [7, 11) is 0. The van der Waals surface area contributed by atoms with Gasteiger partial charge in [-0.25, -0.2) is 4.39 Å². The minimum absolute atomic E-state index is 0.239. The van der Waals surface area contributed by atoms with Crippen LogP contribution in [0.5, 0.6) is 5.75 Å². The third kappa shape index (κ3) is 2.66. The first-order chi connectivity index (χ1) is 7.74. The van der Waals surface area contributed by atoms with E-state index in [0.29, 0.717) is 16.2 Å². The van der Waals surface area contributed by atoms with Crippen LogP contribution in [0.15, 0.2) is 42.9 Å². The van der Waals surface area contributed by atoms with Gasteiger partial charge in [0.1, 0.15) is 18.2 Å². The lowest BCUT2D eigenvalue weighted by molar-refractivity contribution is -0.605. The summed E-state index contributed by atoms with van der Waals surface area (Å²) in [6.07, 6.45) is 3.82. The Morgan fingerprint density at radius 1 is 1.25 bits per heavy atom. The Morgan fingerprint density at radius 2 is 2.00 bits per heavy atom. The molecule has 2 aromatic heterocycles. The van der Waals surface area contributed by atoms with E-state index in [-0.39, 0.29) is 12.4 Å². The average molecular weight is 220 g/mol. The van der Waals surface area contributed by atoms with Gasteiger partial charge in [0.2, 0.25) is 0 Å². The molecule has 5 heteroatoms. The number of hydrogen-bond donors (Lipinski definition) is 0. The molecule has 0 aliphatic carbocycles. The fourth-order valence-corrected chi connectivity index (χ4v) is 1.14. The Hall–Kier alpha value is -2.17. The van der Waals surface area contributed by atoms with Crippen LogP contribution in [-0.2, 0) is 6.61 Å². The summed E-state index contributed by atoms with van der Waals surface area (Å²) in [5.74, 6) is 0.189. The lowest BCUT2D eigenvalue weighted by atomic mass is 10.3. The van der Waals surface area contributed by atoms with Crippen molar-refractivity contribution in [2.45, 2.75) is 6.61 Å². The first-order valence-corrected chi connectivity index (χ1v) is 4.66. The zero-order valence-corrected chi connectivity index (χ0v) is 8.34. The normalized spacial score (nSPS) is 10.1. The first-order valence-electron chi connectivity index (χ1n) is 4.66. The maximum Gasteiger partial charge on any atom is 0.184 e. The standard InChI is InChI=1S/C11H9FN2O2/c12-9-1-2-10(13-7-9)8-16-11-3-5-14(15)6-4-11/h1-7H,8H2. The second-order valence-corrected chi connectivity index (χ2v) is 3.15. The van der Waals surface area contributed by atoms with Gasteiger partial charge in [-0.15, -0.1) is 0 Å². The van der Waals surface area contributed by atoms with E-state index in [1.165, 1.54) is 18.5 Å². The molecule has 2 rings (SSSR count). The number of hydrogen-bond acceptors (Lipinski definition) is 3. The van der Waals surface area contributed by atoms with Gasteiger partial charge in [0.25, 0.3) is 0 Å². The number of pyridine rings is 2. The van der Waals surface area contributed by atoms with Gasteiger partial charge in [-0.3, -0.25) is 4.98 Å². The van der Waals surface area contributed by atoms with E-state index in [1.807, 2.05) is 0 Å². The van der Waals surface area contributed by atoms with Crippen LogP contribution in [0.1, 0.15) is 5.69 Å². The zero-order valence-electron chi connectivity index (χ0n) is 8.34. The summed E-state index contributed by atoms with van der Waals surface area (Å²) in [5.41, 5.74) is 0.625. The van der Waals surface area contributed by atoms with Crippen LogP contribution in [0.25, 0.3) is 0 Å². The molecule has 0 radical (unpaired) electrons. The second-order valence-electron chi connectivity index (χ2n) is 3.15. The molecule has 4 nitrogen and oxygen atoms in total. The SMILES string of the molecule is [O-][n+]1ccc(OCc2ccc(F)cn2)cc1. The van der Waals surface area contributed by atoms with Crippen LogP contribution in [0, 0.1) is 11.0 Å². The van der Waals surface area contributed by atoms with E-state index >= 15 is 0 Å². The molecule has 0 unspecified atom stereocenters. The topological polar surface area (TPSA) is 49.1 Å². The molecule has 0 aliphatic heterocycles. The van der Waals surface area contributed by atoms with Crippen LogP contribution in [0.3, 0.4) is 0 Å². The molecular formula is C11H9FN2O2. The molecule has 0 amide bonds. The largest absolute Gasteiger partial charge is 0.619 e. The highest BCUT2D eigenvalue weighted by molar-refractivity contribution is 5.15. The molecule has 2 heterocycles. The summed E-state index contributed by atoms with van der Waals surface area (Å²) >= 11 is 0. The molecule has 0 fully saturated rings.